The Morgan fingerprint density at radius 3 is 2.90 bits per heavy atom. The van der Waals surface area contributed by atoms with Gasteiger partial charge in [0.25, 0.3) is 0 Å². The minimum atomic E-state index is -0.323. The van der Waals surface area contributed by atoms with Gasteiger partial charge in [-0.05, 0) is 40.2 Å². The van der Waals surface area contributed by atoms with Crippen molar-refractivity contribution in [3.63, 3.8) is 0 Å². The van der Waals surface area contributed by atoms with Crippen LogP contribution in [0.1, 0.15) is 0 Å². The number of benzene rings is 1. The summed E-state index contributed by atoms with van der Waals surface area (Å²) in [6.07, 6.45) is 1.66. The van der Waals surface area contributed by atoms with E-state index < -0.39 is 0 Å². The number of nitrogens with one attached hydrogen (secondary N) is 1. The highest BCUT2D eigenvalue weighted by molar-refractivity contribution is 9.10. The molecular weight excluding hydrogens is 359 g/mol. The average Bonchev–Trinajstić information content (AvgIpc) is 3.15. The molecule has 0 saturated carbocycles. The van der Waals surface area contributed by atoms with Gasteiger partial charge in [-0.25, -0.2) is 4.39 Å². The van der Waals surface area contributed by atoms with Crippen molar-refractivity contribution in [2.45, 2.75) is 0 Å². The Morgan fingerprint density at radius 1 is 1.24 bits per heavy atom. The first-order chi connectivity index (χ1) is 10.2. The van der Waals surface area contributed by atoms with Crippen molar-refractivity contribution in [1.29, 1.82) is 0 Å². The second-order valence-corrected chi connectivity index (χ2v) is 6.03. The lowest BCUT2D eigenvalue weighted by Gasteiger charge is -1.99. The molecule has 0 spiro atoms. The topological polar surface area (TPSA) is 71.8 Å². The number of hydrogen-bond acceptors (Lipinski definition) is 5. The fourth-order valence-electron chi connectivity index (χ4n) is 1.92. The number of halogens is 2. The van der Waals surface area contributed by atoms with Gasteiger partial charge in [-0.1, -0.05) is 11.3 Å². The van der Waals surface area contributed by atoms with E-state index in [1.54, 1.807) is 22.8 Å². The maximum atomic E-state index is 13.3. The molecule has 0 fully saturated rings. The van der Waals surface area contributed by atoms with E-state index in [9.17, 15) is 4.39 Å². The van der Waals surface area contributed by atoms with Gasteiger partial charge in [0.1, 0.15) is 5.82 Å². The molecule has 3 aromatic heterocycles. The van der Waals surface area contributed by atoms with E-state index in [0.717, 1.165) is 16.3 Å². The maximum absolute atomic E-state index is 13.3. The molecule has 1 N–H and O–H groups in total. The largest absolute Gasteiger partial charge is 0.275 e. The molecule has 1 aromatic carbocycles. The number of H-pyrrole nitrogens is 1. The van der Waals surface area contributed by atoms with Crippen molar-refractivity contribution in [2.75, 3.05) is 0 Å². The van der Waals surface area contributed by atoms with Gasteiger partial charge in [-0.15, -0.1) is 10.2 Å². The summed E-state index contributed by atoms with van der Waals surface area (Å²) in [4.78, 5) is 0.662. The van der Waals surface area contributed by atoms with Gasteiger partial charge in [-0.3, -0.25) is 5.10 Å². The molecule has 6 nitrogen and oxygen atoms in total. The second-order valence-electron chi connectivity index (χ2n) is 4.22. The third kappa shape index (κ3) is 2.05. The van der Waals surface area contributed by atoms with Crippen LogP contribution in [0.4, 0.5) is 4.39 Å². The Labute approximate surface area is 129 Å². The first kappa shape index (κ1) is 12.6. The molecule has 4 aromatic rings. The van der Waals surface area contributed by atoms with Crippen molar-refractivity contribution >= 4 is 32.2 Å². The van der Waals surface area contributed by atoms with Crippen LogP contribution >= 0.6 is 27.3 Å². The Bertz CT molecular complexity index is 929. The van der Waals surface area contributed by atoms with Crippen molar-refractivity contribution in [3.05, 3.63) is 40.8 Å². The number of aromatic nitrogens is 6. The van der Waals surface area contributed by atoms with Gasteiger partial charge in [-0.2, -0.15) is 14.7 Å². The highest BCUT2D eigenvalue weighted by Crippen LogP contribution is 2.28. The standard InChI is InChI=1S/C12H6BrFN6S/c13-7-5-6(1-2-8(7)14)10-17-18-12-20(10)19-11(21-12)9-3-4-15-16-9/h1-5H,(H,15,16). The van der Waals surface area contributed by atoms with Crippen molar-refractivity contribution < 1.29 is 4.39 Å². The van der Waals surface area contributed by atoms with E-state index in [4.69, 9.17) is 0 Å². The highest BCUT2D eigenvalue weighted by Gasteiger charge is 2.15. The lowest BCUT2D eigenvalue weighted by atomic mass is 10.2. The maximum Gasteiger partial charge on any atom is 0.235 e. The lowest BCUT2D eigenvalue weighted by molar-refractivity contribution is 0.621. The average molecular weight is 365 g/mol. The van der Waals surface area contributed by atoms with Crippen LogP contribution in [-0.2, 0) is 0 Å². The predicted molar refractivity (Wildman–Crippen MR) is 79.3 cm³/mol. The molecule has 21 heavy (non-hydrogen) atoms. The second kappa shape index (κ2) is 4.71. The monoisotopic (exact) mass is 364 g/mol. The summed E-state index contributed by atoms with van der Waals surface area (Å²) in [5.74, 6) is 0.239. The van der Waals surface area contributed by atoms with Crippen LogP contribution in [0, 0.1) is 5.82 Å². The zero-order chi connectivity index (χ0) is 14.4. The van der Waals surface area contributed by atoms with Gasteiger partial charge in [0.2, 0.25) is 4.96 Å². The summed E-state index contributed by atoms with van der Waals surface area (Å²) in [7, 11) is 0. The zero-order valence-electron chi connectivity index (χ0n) is 10.3. The molecule has 3 heterocycles. The first-order valence-electron chi connectivity index (χ1n) is 5.90. The van der Waals surface area contributed by atoms with Crippen LogP contribution in [0.15, 0.2) is 34.9 Å². The van der Waals surface area contributed by atoms with E-state index in [-0.39, 0.29) is 5.82 Å². The van der Waals surface area contributed by atoms with Crippen LogP contribution in [0.25, 0.3) is 27.1 Å². The first-order valence-corrected chi connectivity index (χ1v) is 7.51. The molecule has 4 rings (SSSR count). The van der Waals surface area contributed by atoms with Gasteiger partial charge < -0.3 is 0 Å². The molecule has 0 aliphatic heterocycles. The van der Waals surface area contributed by atoms with E-state index in [2.05, 4.69) is 41.4 Å². The fourth-order valence-corrected chi connectivity index (χ4v) is 3.11. The molecule has 0 aliphatic rings. The van der Waals surface area contributed by atoms with Gasteiger partial charge in [0.05, 0.1) is 10.2 Å². The number of hydrogen-bond donors (Lipinski definition) is 1. The SMILES string of the molecule is Fc1ccc(-c2nnc3sc(-c4ccn[nH]4)nn23)cc1Br. The normalized spacial score (nSPS) is 11.3. The van der Waals surface area contributed by atoms with Crippen molar-refractivity contribution in [2.24, 2.45) is 0 Å². The van der Waals surface area contributed by atoms with Crippen LogP contribution in [0.3, 0.4) is 0 Å². The highest BCUT2D eigenvalue weighted by atomic mass is 79.9. The summed E-state index contributed by atoms with van der Waals surface area (Å²) >= 11 is 4.57. The van der Waals surface area contributed by atoms with Gasteiger partial charge >= 0.3 is 0 Å². The van der Waals surface area contributed by atoms with Crippen molar-refractivity contribution in [3.8, 4) is 22.1 Å². The van der Waals surface area contributed by atoms with E-state index in [1.807, 2.05) is 6.07 Å². The number of fused-ring (bicyclic) bond motifs is 1. The van der Waals surface area contributed by atoms with E-state index >= 15 is 0 Å². The molecular formula is C12H6BrFN6S. The van der Waals surface area contributed by atoms with Crippen LogP contribution < -0.4 is 0 Å². The lowest BCUT2D eigenvalue weighted by Crippen LogP contribution is -1.92. The number of rotatable bonds is 2. The number of aromatic amines is 1. The molecule has 0 saturated heterocycles. The van der Waals surface area contributed by atoms with Gasteiger partial charge in [0.15, 0.2) is 10.8 Å². The quantitative estimate of drug-likeness (QED) is 0.592. The van der Waals surface area contributed by atoms with Crippen LogP contribution in [0.2, 0.25) is 0 Å². The summed E-state index contributed by atoms with van der Waals surface area (Å²) in [6, 6.07) is 6.51. The summed E-state index contributed by atoms with van der Waals surface area (Å²) in [5.41, 5.74) is 1.55. The van der Waals surface area contributed by atoms with E-state index in [1.165, 1.54) is 17.4 Å². The molecule has 9 heteroatoms. The Kier molecular flexibility index (Phi) is 2.82. The Morgan fingerprint density at radius 2 is 2.14 bits per heavy atom. The summed E-state index contributed by atoms with van der Waals surface area (Å²) in [5, 5.41) is 20.2. The third-order valence-corrected chi connectivity index (χ3v) is 4.44. The van der Waals surface area contributed by atoms with E-state index in [0.29, 0.717) is 15.3 Å². The molecule has 0 unspecified atom stereocenters. The smallest absolute Gasteiger partial charge is 0.235 e. The molecule has 0 bridgehead atoms. The molecule has 104 valence electrons. The Balaban J connectivity index is 1.87. The van der Waals surface area contributed by atoms with Crippen molar-refractivity contribution in [1.82, 2.24) is 30.0 Å². The van der Waals surface area contributed by atoms with Crippen LogP contribution in [-0.4, -0.2) is 30.0 Å². The number of nitrogens with zero attached hydrogens (tertiary/aromatic N) is 5. The van der Waals surface area contributed by atoms with Gasteiger partial charge in [0, 0.05) is 11.8 Å². The minimum absolute atomic E-state index is 0.323. The third-order valence-electron chi connectivity index (χ3n) is 2.90. The summed E-state index contributed by atoms with van der Waals surface area (Å²) in [6.45, 7) is 0. The molecule has 0 atom stereocenters. The molecule has 0 aliphatic carbocycles. The predicted octanol–water partition coefficient (Wildman–Crippen LogP) is 3.14. The zero-order valence-corrected chi connectivity index (χ0v) is 12.7. The molecule has 0 radical (unpaired) electrons. The summed E-state index contributed by atoms with van der Waals surface area (Å²) < 4.78 is 15.3. The Hall–Kier alpha value is -2.13. The minimum Gasteiger partial charge on any atom is -0.275 e. The fraction of sp³-hybridized carbons (Fsp3) is 0. The van der Waals surface area contributed by atoms with Crippen LogP contribution in [0.5, 0.6) is 0 Å². The molecule has 0 amide bonds.